The number of halogens is 1. The highest BCUT2D eigenvalue weighted by molar-refractivity contribution is 14.1. The summed E-state index contributed by atoms with van der Waals surface area (Å²) >= 11 is 2.17. The highest BCUT2D eigenvalue weighted by Gasteiger charge is 2.12. The van der Waals surface area contributed by atoms with Crippen molar-refractivity contribution in [1.82, 2.24) is 14.7 Å². The lowest BCUT2D eigenvalue weighted by Crippen LogP contribution is -2.34. The third-order valence-corrected chi connectivity index (χ3v) is 2.65. The first kappa shape index (κ1) is 13.2. The summed E-state index contributed by atoms with van der Waals surface area (Å²) in [5.41, 5.74) is 0.991. The maximum absolute atomic E-state index is 11.9. The average molecular weight is 333 g/mol. The van der Waals surface area contributed by atoms with Gasteiger partial charge in [-0.15, -0.1) is 0 Å². The molecule has 0 aliphatic heterocycles. The van der Waals surface area contributed by atoms with Gasteiger partial charge >= 0.3 is 0 Å². The van der Waals surface area contributed by atoms with E-state index in [0.717, 1.165) is 9.14 Å². The van der Waals surface area contributed by atoms with Crippen LogP contribution in [0.5, 0.6) is 0 Å². The molecule has 0 N–H and O–H groups in total. The molecule has 0 radical (unpaired) electrons. The van der Waals surface area contributed by atoms with Gasteiger partial charge < -0.3 is 4.90 Å². The summed E-state index contributed by atoms with van der Waals surface area (Å²) in [6.07, 6.45) is 3.59. The van der Waals surface area contributed by atoms with Crippen molar-refractivity contribution in [2.45, 2.75) is 20.4 Å². The molecule has 4 nitrogen and oxygen atoms in total. The summed E-state index contributed by atoms with van der Waals surface area (Å²) in [7, 11) is 0. The topological polar surface area (TPSA) is 38.1 Å². The van der Waals surface area contributed by atoms with Crippen molar-refractivity contribution in [1.29, 1.82) is 0 Å². The summed E-state index contributed by atoms with van der Waals surface area (Å²) in [4.78, 5) is 13.7. The van der Waals surface area contributed by atoms with Crippen molar-refractivity contribution in [3.8, 4) is 0 Å². The van der Waals surface area contributed by atoms with Crippen LogP contribution in [0.4, 0.5) is 0 Å². The minimum Gasteiger partial charge on any atom is -0.337 e. The molecule has 1 amide bonds. The van der Waals surface area contributed by atoms with Crippen LogP contribution in [-0.4, -0.2) is 33.7 Å². The number of amides is 1. The Labute approximate surface area is 109 Å². The Balaban J connectivity index is 2.59. The van der Waals surface area contributed by atoms with Crippen molar-refractivity contribution in [3.05, 3.63) is 28.1 Å². The molecule has 0 fully saturated rings. The Hall–Kier alpha value is -0.850. The number of rotatable bonds is 5. The van der Waals surface area contributed by atoms with Crippen LogP contribution in [0.15, 0.2) is 24.5 Å². The van der Waals surface area contributed by atoms with Gasteiger partial charge in [0.25, 0.3) is 0 Å². The molecule has 0 aliphatic rings. The van der Waals surface area contributed by atoms with E-state index in [1.165, 1.54) is 0 Å². The van der Waals surface area contributed by atoms with Crippen LogP contribution in [0.3, 0.4) is 0 Å². The van der Waals surface area contributed by atoms with Gasteiger partial charge in [0.2, 0.25) is 5.91 Å². The van der Waals surface area contributed by atoms with Crippen molar-refractivity contribution in [2.24, 2.45) is 0 Å². The molecular formula is C11H16IN3O. The first-order chi connectivity index (χ1) is 7.52. The molecule has 0 atom stereocenters. The Morgan fingerprint density at radius 1 is 1.69 bits per heavy atom. The zero-order valence-corrected chi connectivity index (χ0v) is 11.8. The summed E-state index contributed by atoms with van der Waals surface area (Å²) in [5.74, 6) is 0.0741. The highest BCUT2D eigenvalue weighted by atomic mass is 127. The third-order valence-electron chi connectivity index (χ3n) is 2.09. The zero-order chi connectivity index (χ0) is 12.1. The Bertz CT molecular complexity index is 386. The van der Waals surface area contributed by atoms with E-state index >= 15 is 0 Å². The smallest absolute Gasteiger partial charge is 0.244 e. The Morgan fingerprint density at radius 3 is 2.81 bits per heavy atom. The zero-order valence-electron chi connectivity index (χ0n) is 9.61. The maximum Gasteiger partial charge on any atom is 0.244 e. The van der Waals surface area contributed by atoms with Gasteiger partial charge in [0.05, 0.1) is 9.77 Å². The van der Waals surface area contributed by atoms with Crippen LogP contribution in [-0.2, 0) is 11.3 Å². The second-order valence-corrected chi connectivity index (χ2v) is 4.97. The van der Waals surface area contributed by atoms with Crippen LogP contribution in [0, 0.1) is 3.57 Å². The number of nitrogens with zero attached hydrogens (tertiary/aromatic N) is 3. The second-order valence-electron chi connectivity index (χ2n) is 3.72. The fourth-order valence-corrected chi connectivity index (χ4v) is 1.81. The van der Waals surface area contributed by atoms with Gasteiger partial charge in [-0.05, 0) is 36.4 Å². The molecule has 0 saturated carbocycles. The van der Waals surface area contributed by atoms with Gasteiger partial charge in [0.1, 0.15) is 6.54 Å². The molecule has 0 bridgehead atoms. The van der Waals surface area contributed by atoms with Crippen LogP contribution >= 0.6 is 22.6 Å². The highest BCUT2D eigenvalue weighted by Crippen LogP contribution is 2.03. The van der Waals surface area contributed by atoms with E-state index in [2.05, 4.69) is 34.3 Å². The molecule has 0 unspecified atom stereocenters. The van der Waals surface area contributed by atoms with Crippen LogP contribution in [0.2, 0.25) is 0 Å². The second kappa shape index (κ2) is 6.03. The van der Waals surface area contributed by atoms with E-state index in [1.807, 2.05) is 20.0 Å². The minimum atomic E-state index is 0.0741. The molecule has 0 aliphatic carbocycles. The quantitative estimate of drug-likeness (QED) is 0.610. The molecule has 16 heavy (non-hydrogen) atoms. The third kappa shape index (κ3) is 3.96. The van der Waals surface area contributed by atoms with Crippen molar-refractivity contribution in [2.75, 3.05) is 13.1 Å². The molecule has 1 rings (SSSR count). The van der Waals surface area contributed by atoms with Gasteiger partial charge in [0.15, 0.2) is 0 Å². The van der Waals surface area contributed by atoms with Crippen LogP contribution in [0.25, 0.3) is 0 Å². The van der Waals surface area contributed by atoms with Gasteiger partial charge in [0, 0.05) is 19.3 Å². The largest absolute Gasteiger partial charge is 0.337 e. The summed E-state index contributed by atoms with van der Waals surface area (Å²) < 4.78 is 2.69. The molecule has 88 valence electrons. The molecule has 5 heteroatoms. The predicted octanol–water partition coefficient (Wildman–Crippen LogP) is 1.91. The Kier molecular flexibility index (Phi) is 4.98. The summed E-state index contributed by atoms with van der Waals surface area (Å²) in [6.45, 7) is 9.32. The summed E-state index contributed by atoms with van der Waals surface area (Å²) in [5, 5.41) is 4.09. The molecule has 1 aromatic rings. The number of hydrogen-bond donors (Lipinski definition) is 0. The lowest BCUT2D eigenvalue weighted by molar-refractivity contribution is -0.131. The number of aromatic nitrogens is 2. The number of hydrogen-bond acceptors (Lipinski definition) is 2. The Morgan fingerprint density at radius 2 is 2.38 bits per heavy atom. The molecule has 1 aromatic heterocycles. The maximum atomic E-state index is 11.9. The van der Waals surface area contributed by atoms with Gasteiger partial charge in [-0.25, -0.2) is 0 Å². The number of carbonyl (C=O) groups excluding carboxylic acids is 1. The average Bonchev–Trinajstić information content (AvgIpc) is 2.60. The van der Waals surface area contributed by atoms with Crippen molar-refractivity contribution >= 4 is 28.5 Å². The van der Waals surface area contributed by atoms with E-state index in [4.69, 9.17) is 0 Å². The van der Waals surface area contributed by atoms with Crippen LogP contribution in [0.1, 0.15) is 13.8 Å². The molecule has 0 spiro atoms. The van der Waals surface area contributed by atoms with Gasteiger partial charge in [-0.2, -0.15) is 5.10 Å². The SMILES string of the molecule is C=C(C)CN(CC)C(=O)Cn1cc(I)cn1. The van der Waals surface area contributed by atoms with E-state index in [-0.39, 0.29) is 5.91 Å². The lowest BCUT2D eigenvalue weighted by Gasteiger charge is -2.20. The van der Waals surface area contributed by atoms with Crippen molar-refractivity contribution < 1.29 is 4.79 Å². The van der Waals surface area contributed by atoms with E-state index in [9.17, 15) is 4.79 Å². The molecule has 0 saturated heterocycles. The number of likely N-dealkylation sites (N-methyl/N-ethyl adjacent to an activating group) is 1. The predicted molar refractivity (Wildman–Crippen MR) is 72.0 cm³/mol. The number of carbonyl (C=O) groups is 1. The monoisotopic (exact) mass is 333 g/mol. The first-order valence-corrected chi connectivity index (χ1v) is 6.21. The standard InChI is InChI=1S/C11H16IN3O/c1-4-14(6-9(2)3)11(16)8-15-7-10(12)5-13-15/h5,7H,2,4,6,8H2,1,3H3. The summed E-state index contributed by atoms with van der Waals surface area (Å²) in [6, 6.07) is 0. The normalized spacial score (nSPS) is 10.2. The van der Waals surface area contributed by atoms with E-state index < -0.39 is 0 Å². The first-order valence-electron chi connectivity index (χ1n) is 5.13. The van der Waals surface area contributed by atoms with Crippen LogP contribution < -0.4 is 0 Å². The van der Waals surface area contributed by atoms with Gasteiger partial charge in [-0.1, -0.05) is 12.2 Å². The van der Waals surface area contributed by atoms with Gasteiger partial charge in [-0.3, -0.25) is 9.48 Å². The molecular weight excluding hydrogens is 317 g/mol. The van der Waals surface area contributed by atoms with Crippen molar-refractivity contribution in [3.63, 3.8) is 0 Å². The molecule has 0 aromatic carbocycles. The fourth-order valence-electron chi connectivity index (χ4n) is 1.37. The minimum absolute atomic E-state index is 0.0741. The lowest BCUT2D eigenvalue weighted by atomic mass is 10.3. The van der Waals surface area contributed by atoms with E-state index in [0.29, 0.717) is 19.6 Å². The fraction of sp³-hybridized carbons (Fsp3) is 0.455. The van der Waals surface area contributed by atoms with E-state index in [1.54, 1.807) is 15.8 Å². The molecule has 1 heterocycles.